The fourth-order valence-electron chi connectivity index (χ4n) is 5.71. The Balaban J connectivity index is 0.000000132. The number of nitrogens with zero attached hydrogens (tertiary/aromatic N) is 4. The third kappa shape index (κ3) is 4.79. The molecule has 1 unspecified atom stereocenters. The van der Waals surface area contributed by atoms with Crippen LogP contribution in [0.25, 0.3) is 11.3 Å². The molecular formula is C32H26Br2N4O2. The van der Waals surface area contributed by atoms with Crippen molar-refractivity contribution in [2.45, 2.75) is 25.0 Å². The van der Waals surface area contributed by atoms with Crippen LogP contribution in [0.1, 0.15) is 45.7 Å². The van der Waals surface area contributed by atoms with E-state index in [2.05, 4.69) is 112 Å². The van der Waals surface area contributed by atoms with Crippen LogP contribution in [0.3, 0.4) is 0 Å². The van der Waals surface area contributed by atoms with E-state index in [1.54, 1.807) is 0 Å². The van der Waals surface area contributed by atoms with E-state index in [1.807, 2.05) is 36.4 Å². The third-order valence-electron chi connectivity index (χ3n) is 7.50. The molecule has 6 aromatic rings. The van der Waals surface area contributed by atoms with Crippen LogP contribution < -0.4 is 0 Å². The topological polar surface area (TPSA) is 53.1 Å². The lowest BCUT2D eigenvalue weighted by molar-refractivity contribution is 0.0955. The Morgan fingerprint density at radius 3 is 1.43 bits per heavy atom. The van der Waals surface area contributed by atoms with Crippen LogP contribution in [0.4, 0.5) is 0 Å². The van der Waals surface area contributed by atoms with E-state index in [9.17, 15) is 0 Å². The molecule has 0 radical (unpaired) electrons. The Labute approximate surface area is 248 Å². The summed E-state index contributed by atoms with van der Waals surface area (Å²) in [5.74, 6) is 0.480. The first kappa shape index (κ1) is 25.7. The summed E-state index contributed by atoms with van der Waals surface area (Å²) in [7, 11) is 0. The first-order valence-corrected chi connectivity index (χ1v) is 14.8. The minimum absolute atomic E-state index is 0.240. The summed E-state index contributed by atoms with van der Waals surface area (Å²) in [4.78, 5) is 9.37. The predicted molar refractivity (Wildman–Crippen MR) is 162 cm³/mol. The van der Waals surface area contributed by atoms with E-state index in [1.165, 1.54) is 22.5 Å². The van der Waals surface area contributed by atoms with E-state index < -0.39 is 0 Å². The average Bonchev–Trinajstić information content (AvgIpc) is 3.56. The molecule has 0 bridgehead atoms. The summed E-state index contributed by atoms with van der Waals surface area (Å²) < 4.78 is 17.9. The largest absolute Gasteiger partial charge is 0.374 e. The monoisotopic (exact) mass is 656 g/mol. The summed E-state index contributed by atoms with van der Waals surface area (Å²) in [5, 5.41) is 0. The van der Waals surface area contributed by atoms with Crippen LogP contribution in [0, 0.1) is 0 Å². The zero-order chi connectivity index (χ0) is 27.1. The van der Waals surface area contributed by atoms with E-state index >= 15 is 0 Å². The van der Waals surface area contributed by atoms with Crippen molar-refractivity contribution in [1.82, 2.24) is 18.8 Å². The first-order chi connectivity index (χ1) is 19.7. The number of ether oxygens (including phenoxy) is 2. The zero-order valence-electron chi connectivity index (χ0n) is 21.6. The van der Waals surface area contributed by atoms with Gasteiger partial charge in [0.1, 0.15) is 11.3 Å². The second-order valence-corrected chi connectivity index (χ2v) is 11.8. The van der Waals surface area contributed by atoms with Crippen molar-refractivity contribution < 1.29 is 9.47 Å². The summed E-state index contributed by atoms with van der Waals surface area (Å²) in [6.45, 7) is 2.60. The molecule has 8 heteroatoms. The lowest BCUT2D eigenvalue weighted by Gasteiger charge is -2.23. The van der Waals surface area contributed by atoms with Crippen molar-refractivity contribution in [3.05, 3.63) is 140 Å². The molecule has 2 atom stereocenters. The van der Waals surface area contributed by atoms with Gasteiger partial charge in [0.2, 0.25) is 0 Å². The maximum Gasteiger partial charge on any atom is 0.137 e. The third-order valence-corrected chi connectivity index (χ3v) is 8.44. The zero-order valence-corrected chi connectivity index (χ0v) is 24.8. The van der Waals surface area contributed by atoms with Crippen molar-refractivity contribution in [2.24, 2.45) is 0 Å². The van der Waals surface area contributed by atoms with Crippen LogP contribution in [0.5, 0.6) is 0 Å². The Morgan fingerprint density at radius 1 is 0.575 bits per heavy atom. The second kappa shape index (κ2) is 10.9. The molecule has 0 spiro atoms. The quantitative estimate of drug-likeness (QED) is 0.193. The van der Waals surface area contributed by atoms with Gasteiger partial charge in [0.05, 0.1) is 61.0 Å². The van der Waals surface area contributed by atoms with Crippen molar-refractivity contribution in [1.29, 1.82) is 0 Å². The highest BCUT2D eigenvalue weighted by Crippen LogP contribution is 2.34. The standard InChI is InChI=1S/2C16H13BrN2O/c2*17-12-6-7-15-18-14-10-20-9-13(16(14)19(15)8-12)11-4-2-1-3-5-11/h2*1-8,13H,9-10H2/t13-;/m1./s1. The molecule has 6 heterocycles. The molecule has 40 heavy (non-hydrogen) atoms. The Kier molecular flexibility index (Phi) is 7.01. The Morgan fingerprint density at radius 2 is 1.00 bits per heavy atom. The van der Waals surface area contributed by atoms with Crippen LogP contribution in [-0.2, 0) is 22.7 Å². The van der Waals surface area contributed by atoms with E-state index in [-0.39, 0.29) is 11.8 Å². The fourth-order valence-corrected chi connectivity index (χ4v) is 6.38. The summed E-state index contributed by atoms with van der Waals surface area (Å²) in [5.41, 5.74) is 9.09. The summed E-state index contributed by atoms with van der Waals surface area (Å²) in [6.07, 6.45) is 4.17. The maximum absolute atomic E-state index is 5.74. The normalized spacial score (nSPS) is 18.1. The van der Waals surface area contributed by atoms with Gasteiger partial charge in [-0.15, -0.1) is 0 Å². The number of hydrogen-bond acceptors (Lipinski definition) is 4. The number of aromatic nitrogens is 4. The van der Waals surface area contributed by atoms with Gasteiger partial charge in [-0.25, -0.2) is 9.97 Å². The lowest BCUT2D eigenvalue weighted by Crippen LogP contribution is -2.19. The summed E-state index contributed by atoms with van der Waals surface area (Å²) >= 11 is 7.08. The second-order valence-electron chi connectivity index (χ2n) is 10.00. The molecule has 2 aliphatic rings. The number of halogens is 2. The molecule has 0 amide bonds. The lowest BCUT2D eigenvalue weighted by atomic mass is 9.94. The molecule has 6 nitrogen and oxygen atoms in total. The van der Waals surface area contributed by atoms with Gasteiger partial charge in [-0.05, 0) is 67.3 Å². The van der Waals surface area contributed by atoms with Crippen LogP contribution in [-0.4, -0.2) is 32.0 Å². The van der Waals surface area contributed by atoms with Crippen molar-refractivity contribution >= 4 is 43.2 Å². The number of fused-ring (bicyclic) bond motifs is 6. The average molecular weight is 658 g/mol. The predicted octanol–water partition coefficient (Wildman–Crippen LogP) is 7.52. The minimum Gasteiger partial charge on any atom is -0.374 e. The van der Waals surface area contributed by atoms with Gasteiger partial charge in [0.25, 0.3) is 0 Å². The molecule has 2 aromatic carbocycles. The molecule has 0 aliphatic carbocycles. The number of benzene rings is 2. The maximum atomic E-state index is 5.74. The highest BCUT2D eigenvalue weighted by atomic mass is 79.9. The molecular weight excluding hydrogens is 632 g/mol. The van der Waals surface area contributed by atoms with Gasteiger partial charge in [-0.3, -0.25) is 0 Å². The van der Waals surface area contributed by atoms with Gasteiger partial charge < -0.3 is 18.3 Å². The fraction of sp³-hybridized carbons (Fsp3) is 0.188. The van der Waals surface area contributed by atoms with Crippen molar-refractivity contribution in [3.8, 4) is 0 Å². The smallest absolute Gasteiger partial charge is 0.137 e. The molecule has 0 N–H and O–H groups in total. The molecule has 0 saturated heterocycles. The number of rotatable bonds is 2. The highest BCUT2D eigenvalue weighted by molar-refractivity contribution is 9.10. The van der Waals surface area contributed by atoms with Crippen LogP contribution in [0.2, 0.25) is 0 Å². The number of pyridine rings is 2. The minimum atomic E-state index is 0.240. The van der Waals surface area contributed by atoms with Gasteiger partial charge in [-0.2, -0.15) is 0 Å². The number of imidazole rings is 2. The Hall–Kier alpha value is -3.30. The number of hydrogen-bond donors (Lipinski definition) is 0. The van der Waals surface area contributed by atoms with Gasteiger partial charge in [0.15, 0.2) is 0 Å². The highest BCUT2D eigenvalue weighted by Gasteiger charge is 2.28. The van der Waals surface area contributed by atoms with Crippen LogP contribution >= 0.6 is 31.9 Å². The molecule has 200 valence electrons. The molecule has 0 saturated carbocycles. The molecule has 8 rings (SSSR count). The molecule has 4 aromatic heterocycles. The van der Waals surface area contributed by atoms with Crippen LogP contribution in [0.15, 0.2) is 106 Å². The summed E-state index contributed by atoms with van der Waals surface area (Å²) in [6, 6.07) is 29.1. The molecule has 2 aliphatic heterocycles. The molecule has 0 fully saturated rings. The van der Waals surface area contributed by atoms with Crippen molar-refractivity contribution in [2.75, 3.05) is 13.2 Å². The Bertz CT molecular complexity index is 1670. The van der Waals surface area contributed by atoms with E-state index in [0.717, 1.165) is 31.6 Å². The SMILES string of the molecule is Brc1ccc2nc3c(n2c1)C(c1ccccc1)COC3.Brc1ccc2nc3c(n2c1)[C@@H](c1ccccc1)COC3. The first-order valence-electron chi connectivity index (χ1n) is 13.2. The van der Waals surface area contributed by atoms with E-state index in [0.29, 0.717) is 26.4 Å². The van der Waals surface area contributed by atoms with Gasteiger partial charge in [0, 0.05) is 21.3 Å². The van der Waals surface area contributed by atoms with E-state index in [4.69, 9.17) is 9.47 Å². The van der Waals surface area contributed by atoms with Crippen molar-refractivity contribution in [3.63, 3.8) is 0 Å². The van der Waals surface area contributed by atoms with Gasteiger partial charge >= 0.3 is 0 Å². The van der Waals surface area contributed by atoms with Gasteiger partial charge in [-0.1, -0.05) is 60.7 Å².